The Balaban J connectivity index is 2.81. The molecule has 1 heterocycles. The Kier molecular flexibility index (Phi) is 4.45. The number of likely N-dealkylation sites (N-methyl/N-ethyl adjacent to an activating group) is 1. The molecular weight excluding hydrogens is 218 g/mol. The molecule has 2 N–H and O–H groups in total. The van der Waals surface area contributed by atoms with Gasteiger partial charge in [-0.15, -0.1) is 0 Å². The number of methoxy groups -OCH3 is 1. The van der Waals surface area contributed by atoms with Gasteiger partial charge in [0.05, 0.1) is 11.7 Å². The lowest BCUT2D eigenvalue weighted by Crippen LogP contribution is -2.34. The Morgan fingerprint density at radius 1 is 1.65 bits per heavy atom. The van der Waals surface area contributed by atoms with Crippen LogP contribution >= 0.6 is 0 Å². The molecule has 17 heavy (non-hydrogen) atoms. The molecule has 0 radical (unpaired) electrons. The van der Waals surface area contributed by atoms with Crippen molar-refractivity contribution in [3.8, 4) is 0 Å². The van der Waals surface area contributed by atoms with Gasteiger partial charge in [0.25, 0.3) is 5.91 Å². The zero-order valence-electron chi connectivity index (χ0n) is 10.7. The molecular formula is C12H19N3O2. The first-order valence-corrected chi connectivity index (χ1v) is 5.46. The molecule has 1 atom stereocenters. The zero-order valence-corrected chi connectivity index (χ0v) is 10.7. The maximum Gasteiger partial charge on any atom is 0.257 e. The second kappa shape index (κ2) is 5.63. The molecule has 0 spiro atoms. The maximum atomic E-state index is 12.1. The van der Waals surface area contributed by atoms with E-state index in [9.17, 15) is 4.79 Å². The fraction of sp³-hybridized carbons (Fsp3) is 0.500. The van der Waals surface area contributed by atoms with Crippen LogP contribution in [0.2, 0.25) is 0 Å². The molecule has 0 aliphatic rings. The third kappa shape index (κ3) is 3.42. The van der Waals surface area contributed by atoms with Gasteiger partial charge in [0, 0.05) is 38.3 Å². The van der Waals surface area contributed by atoms with Crippen LogP contribution in [0.1, 0.15) is 23.0 Å². The number of aromatic nitrogens is 1. The molecule has 0 saturated heterocycles. The SMILES string of the molecule is COC(C)CN(C)C(=O)c1cnc(C)cc1N. The second-order valence-corrected chi connectivity index (χ2v) is 4.14. The lowest BCUT2D eigenvalue weighted by molar-refractivity contribution is 0.0600. The molecule has 1 amide bonds. The third-order valence-corrected chi connectivity index (χ3v) is 2.58. The molecule has 0 fully saturated rings. The van der Waals surface area contributed by atoms with Gasteiger partial charge in [0.1, 0.15) is 0 Å². The largest absolute Gasteiger partial charge is 0.398 e. The number of nitrogens with zero attached hydrogens (tertiary/aromatic N) is 2. The summed E-state index contributed by atoms with van der Waals surface area (Å²) >= 11 is 0. The first-order chi connectivity index (χ1) is 7.95. The van der Waals surface area contributed by atoms with Crippen molar-refractivity contribution >= 4 is 11.6 Å². The summed E-state index contributed by atoms with van der Waals surface area (Å²) < 4.78 is 5.12. The number of hydrogen-bond acceptors (Lipinski definition) is 4. The Morgan fingerprint density at radius 3 is 2.82 bits per heavy atom. The highest BCUT2D eigenvalue weighted by atomic mass is 16.5. The number of rotatable bonds is 4. The van der Waals surface area contributed by atoms with Crippen LogP contribution in [0.3, 0.4) is 0 Å². The molecule has 5 nitrogen and oxygen atoms in total. The van der Waals surface area contributed by atoms with Crippen molar-refractivity contribution in [2.24, 2.45) is 0 Å². The van der Waals surface area contributed by atoms with Gasteiger partial charge >= 0.3 is 0 Å². The molecule has 0 bridgehead atoms. The monoisotopic (exact) mass is 237 g/mol. The van der Waals surface area contributed by atoms with Crippen LogP contribution in [0.15, 0.2) is 12.3 Å². The van der Waals surface area contributed by atoms with Gasteiger partial charge in [0.2, 0.25) is 0 Å². The van der Waals surface area contributed by atoms with Gasteiger partial charge in [-0.3, -0.25) is 9.78 Å². The van der Waals surface area contributed by atoms with Crippen molar-refractivity contribution < 1.29 is 9.53 Å². The summed E-state index contributed by atoms with van der Waals surface area (Å²) in [5, 5.41) is 0. The highest BCUT2D eigenvalue weighted by molar-refractivity contribution is 5.98. The van der Waals surface area contributed by atoms with E-state index in [1.54, 1.807) is 25.1 Å². The smallest absolute Gasteiger partial charge is 0.257 e. The maximum absolute atomic E-state index is 12.1. The second-order valence-electron chi connectivity index (χ2n) is 4.14. The number of amides is 1. The standard InChI is InChI=1S/C12H19N3O2/c1-8-5-11(13)10(6-14-8)12(16)15(3)7-9(2)17-4/h5-6,9H,7H2,1-4H3,(H2,13,14). The normalized spacial score (nSPS) is 12.2. The van der Waals surface area contributed by atoms with Crippen LogP contribution in [0.25, 0.3) is 0 Å². The van der Waals surface area contributed by atoms with E-state index in [1.807, 2.05) is 13.8 Å². The van der Waals surface area contributed by atoms with E-state index in [-0.39, 0.29) is 12.0 Å². The van der Waals surface area contributed by atoms with Crippen LogP contribution in [-0.2, 0) is 4.74 Å². The minimum Gasteiger partial charge on any atom is -0.398 e. The number of carbonyl (C=O) groups excluding carboxylic acids is 1. The summed E-state index contributed by atoms with van der Waals surface area (Å²) in [6.07, 6.45) is 1.50. The Hall–Kier alpha value is -1.62. The number of anilines is 1. The number of ether oxygens (including phenoxy) is 1. The zero-order chi connectivity index (χ0) is 13.0. The van der Waals surface area contributed by atoms with Gasteiger partial charge in [-0.25, -0.2) is 0 Å². The van der Waals surface area contributed by atoms with Crippen molar-refractivity contribution in [1.82, 2.24) is 9.88 Å². The van der Waals surface area contributed by atoms with Crippen LogP contribution in [-0.4, -0.2) is 42.6 Å². The molecule has 5 heteroatoms. The molecule has 1 aromatic heterocycles. The molecule has 0 aliphatic heterocycles. The topological polar surface area (TPSA) is 68.5 Å². The third-order valence-electron chi connectivity index (χ3n) is 2.58. The minimum atomic E-state index is -0.140. The van der Waals surface area contributed by atoms with E-state index in [1.165, 1.54) is 6.20 Å². The van der Waals surface area contributed by atoms with E-state index in [0.29, 0.717) is 17.8 Å². The number of nitrogen functional groups attached to an aromatic ring is 1. The number of aryl methyl sites for hydroxylation is 1. The average Bonchev–Trinajstić information content (AvgIpc) is 2.28. The van der Waals surface area contributed by atoms with Crippen LogP contribution in [0.5, 0.6) is 0 Å². The fourth-order valence-electron chi connectivity index (χ4n) is 1.51. The van der Waals surface area contributed by atoms with Crippen molar-refractivity contribution in [2.75, 3.05) is 26.4 Å². The fourth-order valence-corrected chi connectivity index (χ4v) is 1.51. The highest BCUT2D eigenvalue weighted by Gasteiger charge is 2.17. The molecule has 0 aromatic carbocycles. The Labute approximate surface area is 102 Å². The lowest BCUT2D eigenvalue weighted by Gasteiger charge is -2.21. The molecule has 94 valence electrons. The number of nitrogens with two attached hydrogens (primary N) is 1. The molecule has 0 aliphatic carbocycles. The van der Waals surface area contributed by atoms with E-state index in [2.05, 4.69) is 4.98 Å². The van der Waals surface area contributed by atoms with Gasteiger partial charge in [-0.1, -0.05) is 0 Å². The molecule has 0 saturated carbocycles. The minimum absolute atomic E-state index is 0.0106. The predicted molar refractivity (Wildman–Crippen MR) is 66.8 cm³/mol. The van der Waals surface area contributed by atoms with Crippen LogP contribution in [0, 0.1) is 6.92 Å². The van der Waals surface area contributed by atoms with Gasteiger partial charge in [-0.2, -0.15) is 0 Å². The van der Waals surface area contributed by atoms with Crippen molar-refractivity contribution in [1.29, 1.82) is 0 Å². The van der Waals surface area contributed by atoms with Gasteiger partial charge in [-0.05, 0) is 19.9 Å². The van der Waals surface area contributed by atoms with Crippen LogP contribution < -0.4 is 5.73 Å². The number of carbonyl (C=O) groups is 1. The molecule has 1 unspecified atom stereocenters. The highest BCUT2D eigenvalue weighted by Crippen LogP contribution is 2.13. The first-order valence-electron chi connectivity index (χ1n) is 5.46. The van der Waals surface area contributed by atoms with E-state index < -0.39 is 0 Å². The average molecular weight is 237 g/mol. The van der Waals surface area contributed by atoms with Gasteiger partial charge in [0.15, 0.2) is 0 Å². The summed E-state index contributed by atoms with van der Waals surface area (Å²) in [5.74, 6) is -0.140. The summed E-state index contributed by atoms with van der Waals surface area (Å²) in [5.41, 5.74) is 7.49. The predicted octanol–water partition coefficient (Wildman–Crippen LogP) is 1.08. The summed E-state index contributed by atoms with van der Waals surface area (Å²) in [6.45, 7) is 4.25. The van der Waals surface area contributed by atoms with E-state index in [4.69, 9.17) is 10.5 Å². The summed E-state index contributed by atoms with van der Waals surface area (Å²) in [4.78, 5) is 17.7. The van der Waals surface area contributed by atoms with Crippen molar-refractivity contribution in [3.05, 3.63) is 23.5 Å². The van der Waals surface area contributed by atoms with Gasteiger partial charge < -0.3 is 15.4 Å². The molecule has 1 rings (SSSR count). The van der Waals surface area contributed by atoms with Crippen molar-refractivity contribution in [3.63, 3.8) is 0 Å². The summed E-state index contributed by atoms with van der Waals surface area (Å²) in [7, 11) is 3.34. The number of pyridine rings is 1. The summed E-state index contributed by atoms with van der Waals surface area (Å²) in [6, 6.07) is 1.70. The Bertz CT molecular complexity index is 407. The quantitative estimate of drug-likeness (QED) is 0.850. The van der Waals surface area contributed by atoms with E-state index in [0.717, 1.165) is 5.69 Å². The number of hydrogen-bond donors (Lipinski definition) is 1. The van der Waals surface area contributed by atoms with Crippen molar-refractivity contribution in [2.45, 2.75) is 20.0 Å². The van der Waals surface area contributed by atoms with Crippen LogP contribution in [0.4, 0.5) is 5.69 Å². The molecule has 1 aromatic rings. The lowest BCUT2D eigenvalue weighted by atomic mass is 10.2. The Morgan fingerprint density at radius 2 is 2.29 bits per heavy atom. The van der Waals surface area contributed by atoms with E-state index >= 15 is 0 Å². The first kappa shape index (κ1) is 13.4.